The Hall–Kier alpha value is -2.43. The van der Waals surface area contributed by atoms with Crippen LogP contribution in [-0.2, 0) is 18.4 Å². The summed E-state index contributed by atoms with van der Waals surface area (Å²) in [5.41, 5.74) is 2.59. The molecule has 5 heteroatoms. The third-order valence-electron chi connectivity index (χ3n) is 4.61. The average Bonchev–Trinajstić information content (AvgIpc) is 2.90. The maximum atomic E-state index is 13.2. The van der Waals surface area contributed by atoms with E-state index >= 15 is 0 Å². The summed E-state index contributed by atoms with van der Waals surface area (Å²) in [6.07, 6.45) is 5.33. The number of hydrogen-bond donors (Lipinski definition) is 0. The monoisotopic (exact) mass is 327 g/mol. The standard InChI is InChI=1S/C19H22FN3O/c1-4-18(24)23(17-9-13(2)10-17)12-15-11-22(3)21-19(15)14-5-7-16(20)8-6-14/h4-8,11,13,17H,1,9-10,12H2,2-3H3. The highest BCUT2D eigenvalue weighted by atomic mass is 19.1. The molecule has 0 saturated heterocycles. The van der Waals surface area contributed by atoms with Crippen LogP contribution in [0.2, 0.25) is 0 Å². The van der Waals surface area contributed by atoms with E-state index < -0.39 is 0 Å². The number of aryl methyl sites for hydroxylation is 1. The van der Waals surface area contributed by atoms with Gasteiger partial charge in [-0.1, -0.05) is 13.5 Å². The van der Waals surface area contributed by atoms with Crippen molar-refractivity contribution in [2.75, 3.05) is 0 Å². The molecule has 1 heterocycles. The Morgan fingerprint density at radius 1 is 1.42 bits per heavy atom. The number of carbonyl (C=O) groups is 1. The molecule has 0 N–H and O–H groups in total. The van der Waals surface area contributed by atoms with Crippen LogP contribution in [-0.4, -0.2) is 26.6 Å². The lowest BCUT2D eigenvalue weighted by molar-refractivity contribution is -0.131. The number of amides is 1. The summed E-state index contributed by atoms with van der Waals surface area (Å²) in [4.78, 5) is 14.2. The fourth-order valence-corrected chi connectivity index (χ4v) is 3.31. The first kappa shape index (κ1) is 16.4. The summed E-state index contributed by atoms with van der Waals surface area (Å²) in [6, 6.07) is 6.53. The van der Waals surface area contributed by atoms with E-state index in [0.717, 1.165) is 29.7 Å². The number of hydrogen-bond acceptors (Lipinski definition) is 2. The van der Waals surface area contributed by atoms with E-state index in [2.05, 4.69) is 18.6 Å². The van der Waals surface area contributed by atoms with Crippen LogP contribution < -0.4 is 0 Å². The summed E-state index contributed by atoms with van der Waals surface area (Å²) in [7, 11) is 1.85. The molecule has 0 atom stereocenters. The van der Waals surface area contributed by atoms with Gasteiger partial charge < -0.3 is 4.90 Å². The van der Waals surface area contributed by atoms with E-state index in [1.807, 2.05) is 18.1 Å². The Morgan fingerprint density at radius 3 is 2.67 bits per heavy atom. The molecule has 1 saturated carbocycles. The molecule has 0 radical (unpaired) electrons. The first-order valence-corrected chi connectivity index (χ1v) is 8.19. The average molecular weight is 327 g/mol. The second-order valence-corrected chi connectivity index (χ2v) is 6.58. The molecule has 126 valence electrons. The van der Waals surface area contributed by atoms with E-state index in [9.17, 15) is 9.18 Å². The Morgan fingerprint density at radius 2 is 2.08 bits per heavy atom. The zero-order chi connectivity index (χ0) is 17.3. The zero-order valence-corrected chi connectivity index (χ0v) is 14.1. The van der Waals surface area contributed by atoms with E-state index in [0.29, 0.717) is 12.5 Å². The van der Waals surface area contributed by atoms with Gasteiger partial charge in [0.2, 0.25) is 5.91 Å². The largest absolute Gasteiger partial charge is 0.332 e. The lowest BCUT2D eigenvalue weighted by atomic mass is 9.80. The van der Waals surface area contributed by atoms with Crippen LogP contribution in [0, 0.1) is 11.7 Å². The minimum atomic E-state index is -0.275. The lowest BCUT2D eigenvalue weighted by Gasteiger charge is -2.41. The molecule has 0 unspecified atom stereocenters. The fourth-order valence-electron chi connectivity index (χ4n) is 3.31. The number of halogens is 1. The topological polar surface area (TPSA) is 38.1 Å². The molecule has 2 aromatic rings. The maximum Gasteiger partial charge on any atom is 0.246 e. The van der Waals surface area contributed by atoms with Crippen LogP contribution in [0.3, 0.4) is 0 Å². The summed E-state index contributed by atoms with van der Waals surface area (Å²) in [5.74, 6) is 0.324. The van der Waals surface area contributed by atoms with Crippen molar-refractivity contribution >= 4 is 5.91 Å². The van der Waals surface area contributed by atoms with Gasteiger partial charge in [0.05, 0.1) is 5.69 Å². The number of benzene rings is 1. The molecule has 3 rings (SSSR count). The van der Waals surface area contributed by atoms with Crippen LogP contribution in [0.15, 0.2) is 43.1 Å². The Kier molecular flexibility index (Phi) is 4.51. The van der Waals surface area contributed by atoms with E-state index in [-0.39, 0.29) is 17.8 Å². The second kappa shape index (κ2) is 6.59. The fraction of sp³-hybridized carbons (Fsp3) is 0.368. The normalized spacial score (nSPS) is 19.6. The van der Waals surface area contributed by atoms with Crippen molar-refractivity contribution in [2.45, 2.75) is 32.4 Å². The van der Waals surface area contributed by atoms with Crippen molar-refractivity contribution in [1.82, 2.24) is 14.7 Å². The van der Waals surface area contributed by atoms with Gasteiger partial charge in [0.15, 0.2) is 0 Å². The number of nitrogens with zero attached hydrogens (tertiary/aromatic N) is 3. The van der Waals surface area contributed by atoms with Crippen LogP contribution in [0.25, 0.3) is 11.3 Å². The van der Waals surface area contributed by atoms with Gasteiger partial charge in [-0.15, -0.1) is 0 Å². The van der Waals surface area contributed by atoms with Gasteiger partial charge in [-0.05, 0) is 49.1 Å². The molecule has 1 amide bonds. The van der Waals surface area contributed by atoms with Gasteiger partial charge in [-0.2, -0.15) is 5.10 Å². The van der Waals surface area contributed by atoms with Crippen molar-refractivity contribution in [3.63, 3.8) is 0 Å². The van der Waals surface area contributed by atoms with Crippen LogP contribution in [0.1, 0.15) is 25.3 Å². The lowest BCUT2D eigenvalue weighted by Crippen LogP contribution is -2.46. The molecule has 1 aromatic carbocycles. The Balaban J connectivity index is 1.89. The molecule has 1 fully saturated rings. The first-order chi connectivity index (χ1) is 11.5. The van der Waals surface area contributed by atoms with Crippen molar-refractivity contribution in [1.29, 1.82) is 0 Å². The maximum absolute atomic E-state index is 13.2. The molecule has 1 aliphatic carbocycles. The molecule has 0 aliphatic heterocycles. The SMILES string of the molecule is C=CC(=O)N(Cc1cn(C)nc1-c1ccc(F)cc1)C1CC(C)C1. The van der Waals surface area contributed by atoms with Crippen molar-refractivity contribution in [3.8, 4) is 11.3 Å². The van der Waals surface area contributed by atoms with E-state index in [4.69, 9.17) is 0 Å². The number of aromatic nitrogens is 2. The van der Waals surface area contributed by atoms with Gasteiger partial charge in [0.25, 0.3) is 0 Å². The van der Waals surface area contributed by atoms with E-state index in [1.54, 1.807) is 16.8 Å². The molecule has 24 heavy (non-hydrogen) atoms. The zero-order valence-electron chi connectivity index (χ0n) is 14.1. The Bertz CT molecular complexity index is 744. The predicted octanol–water partition coefficient (Wildman–Crippen LogP) is 3.54. The van der Waals surface area contributed by atoms with E-state index in [1.165, 1.54) is 18.2 Å². The van der Waals surface area contributed by atoms with Gasteiger partial charge in [-0.3, -0.25) is 9.48 Å². The van der Waals surface area contributed by atoms with Crippen molar-refractivity contribution < 1.29 is 9.18 Å². The predicted molar refractivity (Wildman–Crippen MR) is 91.5 cm³/mol. The Labute approximate surface area is 141 Å². The van der Waals surface area contributed by atoms with Gasteiger partial charge >= 0.3 is 0 Å². The summed E-state index contributed by atoms with van der Waals surface area (Å²) >= 11 is 0. The second-order valence-electron chi connectivity index (χ2n) is 6.58. The quantitative estimate of drug-likeness (QED) is 0.788. The van der Waals surface area contributed by atoms with Crippen molar-refractivity contribution in [2.24, 2.45) is 13.0 Å². The highest BCUT2D eigenvalue weighted by Gasteiger charge is 2.33. The van der Waals surface area contributed by atoms with Crippen LogP contribution in [0.4, 0.5) is 4.39 Å². The number of rotatable bonds is 5. The summed E-state index contributed by atoms with van der Waals surface area (Å²) < 4.78 is 14.9. The smallest absolute Gasteiger partial charge is 0.246 e. The minimum absolute atomic E-state index is 0.0548. The molecule has 0 spiro atoms. The highest BCUT2D eigenvalue weighted by Crippen LogP contribution is 2.33. The van der Waals surface area contributed by atoms with Gasteiger partial charge in [0, 0.05) is 37.0 Å². The van der Waals surface area contributed by atoms with Crippen LogP contribution >= 0.6 is 0 Å². The summed E-state index contributed by atoms with van der Waals surface area (Å²) in [5, 5.41) is 4.50. The molecule has 1 aromatic heterocycles. The number of carbonyl (C=O) groups excluding carboxylic acids is 1. The minimum Gasteiger partial charge on any atom is -0.332 e. The molecule has 1 aliphatic rings. The molecular weight excluding hydrogens is 305 g/mol. The molecule has 4 nitrogen and oxygen atoms in total. The first-order valence-electron chi connectivity index (χ1n) is 8.19. The van der Waals surface area contributed by atoms with Crippen LogP contribution in [0.5, 0.6) is 0 Å². The third-order valence-corrected chi connectivity index (χ3v) is 4.61. The highest BCUT2D eigenvalue weighted by molar-refractivity contribution is 5.87. The van der Waals surface area contributed by atoms with Gasteiger partial charge in [-0.25, -0.2) is 4.39 Å². The molecule has 0 bridgehead atoms. The van der Waals surface area contributed by atoms with Gasteiger partial charge in [0.1, 0.15) is 5.82 Å². The van der Waals surface area contributed by atoms with Crippen molar-refractivity contribution in [3.05, 3.63) is 54.5 Å². The summed E-state index contributed by atoms with van der Waals surface area (Å²) in [6.45, 7) is 6.31. The molecular formula is C19H22FN3O. The third kappa shape index (κ3) is 3.25.